The van der Waals surface area contributed by atoms with Gasteiger partial charge in [-0.2, -0.15) is 0 Å². The van der Waals surface area contributed by atoms with Gasteiger partial charge in [0, 0.05) is 0 Å². The highest BCUT2D eigenvalue weighted by atomic mass is 14.3. The minimum atomic E-state index is 1.24. The lowest BCUT2D eigenvalue weighted by Crippen LogP contribution is -1.96. The molecule has 128 heavy (non-hydrogen) atoms. The van der Waals surface area contributed by atoms with Gasteiger partial charge in [0.2, 0.25) is 0 Å². The van der Waals surface area contributed by atoms with Crippen molar-refractivity contribution in [2.75, 3.05) is 0 Å². The first kappa shape index (κ1) is 78.4. The fourth-order valence-corrected chi connectivity index (χ4v) is 21.0. The lowest BCUT2D eigenvalue weighted by molar-refractivity contribution is 1.45. The van der Waals surface area contributed by atoms with Gasteiger partial charge in [0.25, 0.3) is 0 Å². The molecule has 0 amide bonds. The number of benzene rings is 24. The molecule has 24 aromatic rings. The van der Waals surface area contributed by atoms with Gasteiger partial charge < -0.3 is 0 Å². The van der Waals surface area contributed by atoms with Gasteiger partial charge in [-0.05, 0) is 345 Å². The molecule has 0 N–H and O–H groups in total. The Hall–Kier alpha value is -15.6. The van der Waals surface area contributed by atoms with E-state index >= 15 is 0 Å². The predicted octanol–water partition coefficient (Wildman–Crippen LogP) is 36.2. The van der Waals surface area contributed by atoms with Crippen LogP contribution in [0.25, 0.3) is 230 Å². The first-order chi connectivity index (χ1) is 62.8. The number of aryl methyl sites for hydroxylation is 8. The van der Waals surface area contributed by atoms with Gasteiger partial charge in [0.15, 0.2) is 0 Å². The first-order valence-electron chi connectivity index (χ1n) is 44.9. The van der Waals surface area contributed by atoms with Crippen LogP contribution < -0.4 is 0 Å². The summed E-state index contributed by atoms with van der Waals surface area (Å²) in [4.78, 5) is 0. The van der Waals surface area contributed by atoms with Crippen molar-refractivity contribution in [2.45, 2.75) is 55.4 Å². The molecule has 0 fully saturated rings. The third-order valence-electron chi connectivity index (χ3n) is 27.1. The predicted molar refractivity (Wildman–Crippen MR) is 554 cm³/mol. The molecule has 0 heterocycles. The van der Waals surface area contributed by atoms with Gasteiger partial charge in [-0.3, -0.25) is 0 Å². The van der Waals surface area contributed by atoms with Crippen LogP contribution in [0, 0.1) is 55.4 Å². The molecule has 0 aliphatic rings. The molecule has 0 aromatic heterocycles. The number of hydrogen-bond acceptors (Lipinski definition) is 0. The maximum atomic E-state index is 2.44. The van der Waals surface area contributed by atoms with Crippen molar-refractivity contribution >= 4 is 97.0 Å². The van der Waals surface area contributed by atoms with Crippen LogP contribution in [-0.2, 0) is 0 Å². The van der Waals surface area contributed by atoms with Crippen molar-refractivity contribution in [3.63, 3.8) is 0 Å². The van der Waals surface area contributed by atoms with Gasteiger partial charge in [-0.25, -0.2) is 0 Å². The van der Waals surface area contributed by atoms with Crippen LogP contribution in [-0.4, -0.2) is 0 Å². The van der Waals surface area contributed by atoms with E-state index < -0.39 is 0 Å². The molecular formula is C128H94. The second kappa shape index (κ2) is 32.5. The molecule has 24 aromatic carbocycles. The summed E-state index contributed by atoms with van der Waals surface area (Å²) in [6, 6.07) is 157. The van der Waals surface area contributed by atoms with Crippen LogP contribution >= 0.6 is 0 Å². The molecule has 0 unspecified atom stereocenters. The van der Waals surface area contributed by atoms with Gasteiger partial charge in [-0.1, -0.05) is 411 Å². The number of rotatable bonds is 12. The van der Waals surface area contributed by atoms with E-state index in [0.29, 0.717) is 0 Å². The third kappa shape index (κ3) is 13.7. The average molecular weight is 1630 g/mol. The van der Waals surface area contributed by atoms with Crippen molar-refractivity contribution in [1.29, 1.82) is 0 Å². The summed E-state index contributed by atoms with van der Waals surface area (Å²) >= 11 is 0. The molecule has 0 aliphatic carbocycles. The molecule has 0 saturated heterocycles. The SMILES string of the molecule is Cc1cccc(-c2cc(-c3cccc(C)c3)c3ccc4c(-c5cccc(C)c5)cc(-c5cccc(C)c5)c5ccc2c3c54)c1.Cc1ccccc1-c1cc(-c2ccccc2C)c2ccc3c(-c4ccccc4C)cc(-c4ccccc4C)c4ccc1c2c43.c1ccc(-c2cc(-c3ccccc3)c3ccc4c(-c5ccccc5)cc(-c5ccccc5)c5ccc2c3c54)cc1. The third-order valence-corrected chi connectivity index (χ3v) is 27.1. The van der Waals surface area contributed by atoms with E-state index in [1.807, 2.05) is 0 Å². The Morgan fingerprint density at radius 2 is 0.250 bits per heavy atom. The summed E-state index contributed by atoms with van der Waals surface area (Å²) in [6.45, 7) is 17.7. The van der Waals surface area contributed by atoms with E-state index in [2.05, 4.69) is 480 Å². The molecule has 0 radical (unpaired) electrons. The van der Waals surface area contributed by atoms with Gasteiger partial charge in [0.1, 0.15) is 0 Å². The second-order valence-corrected chi connectivity index (χ2v) is 35.2. The Kier molecular flexibility index (Phi) is 19.9. The van der Waals surface area contributed by atoms with Crippen LogP contribution in [0.1, 0.15) is 44.5 Å². The average Bonchev–Trinajstić information content (AvgIpc) is 0.721. The van der Waals surface area contributed by atoms with Crippen molar-refractivity contribution in [2.24, 2.45) is 0 Å². The van der Waals surface area contributed by atoms with Crippen LogP contribution in [0.2, 0.25) is 0 Å². The quantitative estimate of drug-likeness (QED) is 0.107. The zero-order chi connectivity index (χ0) is 86.4. The molecule has 24 rings (SSSR count). The molecule has 0 atom stereocenters. The van der Waals surface area contributed by atoms with Crippen molar-refractivity contribution < 1.29 is 0 Å². The summed E-state index contributed by atoms with van der Waals surface area (Å²) in [5.74, 6) is 0. The summed E-state index contributed by atoms with van der Waals surface area (Å²) in [5, 5.41) is 23.7. The topological polar surface area (TPSA) is 0 Å². The molecule has 606 valence electrons. The van der Waals surface area contributed by atoms with Gasteiger partial charge in [0.05, 0.1) is 0 Å². The first-order valence-corrected chi connectivity index (χ1v) is 44.9. The van der Waals surface area contributed by atoms with Crippen molar-refractivity contribution in [1.82, 2.24) is 0 Å². The lowest BCUT2D eigenvalue weighted by atomic mass is 9.80. The standard InChI is InChI=1S/2C44H34.C40H26/c1-27-9-5-13-31(21-27)39-25-40(32-14-6-10-28(2)22-32)36-19-20-38-42(34-16-8-12-30(4)24-34)26-41(33-15-7-11-29(3)23-33)37-18-17-35(39)43(36)44(37)38;1-27-13-5-9-17-31(27)39-25-40(32-18-10-6-14-28(32)2)36-23-24-38-42(34-20-12-8-16-30(34)4)26-41(33-19-11-7-15-29(33)3)37-22-21-35(39)43(36)44(37)38;1-5-13-27(14-6-1)35-25-36(28-15-7-2-8-16-28)32-23-24-34-38(30-19-11-4-12-20-30)26-37(29-17-9-3-10-18-29)33-22-21-31(35)39(32)40(33)34/h2*5-26H,1-4H3;1-26H. The van der Waals surface area contributed by atoms with E-state index in [1.54, 1.807) is 0 Å². The van der Waals surface area contributed by atoms with Crippen LogP contribution in [0.15, 0.2) is 425 Å². The largest absolute Gasteiger partial charge is 0.0622 e. The highest BCUT2D eigenvalue weighted by Crippen LogP contribution is 2.54. The summed E-state index contributed by atoms with van der Waals surface area (Å²) in [5.41, 5.74) is 40.8. The van der Waals surface area contributed by atoms with Gasteiger partial charge >= 0.3 is 0 Å². The van der Waals surface area contributed by atoms with Crippen LogP contribution in [0.4, 0.5) is 0 Å². The molecule has 0 nitrogen and oxygen atoms in total. The fraction of sp³-hybridized carbons (Fsp3) is 0.0625. The van der Waals surface area contributed by atoms with E-state index in [9.17, 15) is 0 Å². The molecule has 0 heteroatoms. The Balaban J connectivity index is 0.000000113. The Morgan fingerprint density at radius 1 is 0.102 bits per heavy atom. The zero-order valence-corrected chi connectivity index (χ0v) is 73.4. The molecule has 0 saturated carbocycles. The van der Waals surface area contributed by atoms with Crippen molar-refractivity contribution in [3.8, 4) is 134 Å². The van der Waals surface area contributed by atoms with E-state index in [0.717, 1.165) is 0 Å². The fourth-order valence-electron chi connectivity index (χ4n) is 21.0. The lowest BCUT2D eigenvalue weighted by Gasteiger charge is -2.23. The Morgan fingerprint density at radius 3 is 0.430 bits per heavy atom. The smallest absolute Gasteiger partial charge is 0.00139 e. The minimum Gasteiger partial charge on any atom is -0.0622 e. The molecular weight excluding hydrogens is 1540 g/mol. The maximum absolute atomic E-state index is 2.44. The normalized spacial score (nSPS) is 11.6. The minimum absolute atomic E-state index is 1.24. The summed E-state index contributed by atoms with van der Waals surface area (Å²) < 4.78 is 0. The maximum Gasteiger partial charge on any atom is -0.00139 e. The highest BCUT2D eigenvalue weighted by molar-refractivity contribution is 6.35. The van der Waals surface area contributed by atoms with E-state index in [-0.39, 0.29) is 0 Å². The van der Waals surface area contributed by atoms with Crippen LogP contribution in [0.5, 0.6) is 0 Å². The summed E-state index contributed by atoms with van der Waals surface area (Å²) in [7, 11) is 0. The molecule has 0 spiro atoms. The van der Waals surface area contributed by atoms with E-state index in [1.165, 1.54) is 275 Å². The van der Waals surface area contributed by atoms with Crippen LogP contribution in [0.3, 0.4) is 0 Å². The molecule has 0 bridgehead atoms. The highest BCUT2D eigenvalue weighted by Gasteiger charge is 2.27. The van der Waals surface area contributed by atoms with E-state index in [4.69, 9.17) is 0 Å². The summed E-state index contributed by atoms with van der Waals surface area (Å²) in [6.07, 6.45) is 0. The van der Waals surface area contributed by atoms with Gasteiger partial charge in [-0.15, -0.1) is 0 Å². The number of hydrogen-bond donors (Lipinski definition) is 0. The monoisotopic (exact) mass is 1630 g/mol. The van der Waals surface area contributed by atoms with Crippen molar-refractivity contribution in [3.05, 3.63) is 469 Å². The Bertz CT molecular complexity index is 7450. The second-order valence-electron chi connectivity index (χ2n) is 35.2. The molecule has 0 aliphatic heterocycles. The Labute approximate surface area is 749 Å². The zero-order valence-electron chi connectivity index (χ0n) is 73.4.